The molecule has 2 unspecified atom stereocenters. The highest BCUT2D eigenvalue weighted by atomic mass is 16.6. The van der Waals surface area contributed by atoms with E-state index in [0.29, 0.717) is 12.8 Å². The van der Waals surface area contributed by atoms with Crippen molar-refractivity contribution >= 4 is 11.9 Å². The molecule has 4 nitrogen and oxygen atoms in total. The Morgan fingerprint density at radius 3 is 1.35 bits per heavy atom. The number of esters is 2. The average molecular weight is 282 g/mol. The summed E-state index contributed by atoms with van der Waals surface area (Å²) < 4.78 is 10.8. The summed E-state index contributed by atoms with van der Waals surface area (Å²) in [5.41, 5.74) is -1.09. The van der Waals surface area contributed by atoms with Gasteiger partial charge in [-0.15, -0.1) is 0 Å². The van der Waals surface area contributed by atoms with E-state index >= 15 is 0 Å². The Labute approximate surface area is 121 Å². The Kier molecular flexibility index (Phi) is 5.00. The van der Waals surface area contributed by atoms with Crippen molar-refractivity contribution in [2.45, 2.75) is 65.6 Å². The topological polar surface area (TPSA) is 52.6 Å². The van der Waals surface area contributed by atoms with Crippen molar-refractivity contribution in [3.8, 4) is 0 Å². The van der Waals surface area contributed by atoms with Crippen molar-refractivity contribution < 1.29 is 19.1 Å². The maximum atomic E-state index is 12.2. The first-order valence-corrected chi connectivity index (χ1v) is 7.10. The molecule has 0 aromatic rings. The SMILES string of the molecule is CC(C)(C)OC(=O)C1CC=CCC1C(=O)OC(C)(C)C. The number of carbonyl (C=O) groups is 2. The van der Waals surface area contributed by atoms with Crippen LogP contribution in [0.3, 0.4) is 0 Å². The maximum Gasteiger partial charge on any atom is 0.310 e. The van der Waals surface area contributed by atoms with Gasteiger partial charge in [-0.2, -0.15) is 0 Å². The average Bonchev–Trinajstić information content (AvgIpc) is 2.24. The zero-order valence-electron chi connectivity index (χ0n) is 13.4. The van der Waals surface area contributed by atoms with E-state index in [1.54, 1.807) is 0 Å². The molecule has 0 aromatic carbocycles. The third-order valence-corrected chi connectivity index (χ3v) is 2.85. The van der Waals surface area contributed by atoms with Crippen LogP contribution in [0, 0.1) is 11.8 Å². The molecule has 0 saturated carbocycles. The van der Waals surface area contributed by atoms with Crippen LogP contribution in [-0.4, -0.2) is 23.1 Å². The van der Waals surface area contributed by atoms with Crippen molar-refractivity contribution in [1.82, 2.24) is 0 Å². The van der Waals surface area contributed by atoms with E-state index < -0.39 is 23.0 Å². The van der Waals surface area contributed by atoms with Gasteiger partial charge in [0.05, 0.1) is 11.8 Å². The second-order valence-corrected chi connectivity index (χ2v) is 7.22. The molecular formula is C16H26O4. The molecule has 0 N–H and O–H groups in total. The van der Waals surface area contributed by atoms with Crippen LogP contribution in [0.25, 0.3) is 0 Å². The van der Waals surface area contributed by atoms with Gasteiger partial charge in [-0.3, -0.25) is 9.59 Å². The van der Waals surface area contributed by atoms with E-state index in [-0.39, 0.29) is 11.9 Å². The van der Waals surface area contributed by atoms with Crippen molar-refractivity contribution in [3.63, 3.8) is 0 Å². The predicted octanol–water partition coefficient (Wildman–Crippen LogP) is 3.25. The van der Waals surface area contributed by atoms with Crippen LogP contribution < -0.4 is 0 Å². The summed E-state index contributed by atoms with van der Waals surface area (Å²) in [4.78, 5) is 24.5. The van der Waals surface area contributed by atoms with Crippen molar-refractivity contribution in [3.05, 3.63) is 12.2 Å². The van der Waals surface area contributed by atoms with Gasteiger partial charge in [-0.05, 0) is 54.4 Å². The van der Waals surface area contributed by atoms with Gasteiger partial charge < -0.3 is 9.47 Å². The van der Waals surface area contributed by atoms with Crippen LogP contribution in [0.4, 0.5) is 0 Å². The van der Waals surface area contributed by atoms with E-state index in [4.69, 9.17) is 9.47 Å². The molecule has 0 saturated heterocycles. The lowest BCUT2D eigenvalue weighted by molar-refractivity contribution is -0.173. The van der Waals surface area contributed by atoms with Gasteiger partial charge in [-0.1, -0.05) is 12.2 Å². The van der Waals surface area contributed by atoms with Gasteiger partial charge in [0.1, 0.15) is 11.2 Å². The molecule has 0 heterocycles. The second kappa shape index (κ2) is 5.98. The third kappa shape index (κ3) is 5.35. The zero-order valence-corrected chi connectivity index (χ0v) is 13.4. The first kappa shape index (κ1) is 16.7. The van der Waals surface area contributed by atoms with Gasteiger partial charge in [0.2, 0.25) is 0 Å². The number of hydrogen-bond donors (Lipinski definition) is 0. The number of carbonyl (C=O) groups excluding carboxylic acids is 2. The number of rotatable bonds is 2. The molecule has 1 aliphatic carbocycles. The monoisotopic (exact) mass is 282 g/mol. The first-order chi connectivity index (χ1) is 8.99. The molecule has 114 valence electrons. The van der Waals surface area contributed by atoms with Crippen LogP contribution >= 0.6 is 0 Å². The summed E-state index contributed by atoms with van der Waals surface area (Å²) >= 11 is 0. The molecule has 0 amide bonds. The molecule has 0 radical (unpaired) electrons. The van der Waals surface area contributed by atoms with Gasteiger partial charge in [0.15, 0.2) is 0 Å². The summed E-state index contributed by atoms with van der Waals surface area (Å²) in [5.74, 6) is -1.54. The van der Waals surface area contributed by atoms with Crippen LogP contribution in [0.15, 0.2) is 12.2 Å². The molecule has 1 rings (SSSR count). The summed E-state index contributed by atoms with van der Waals surface area (Å²) in [6.45, 7) is 11.0. The molecular weight excluding hydrogens is 256 g/mol. The molecule has 4 heteroatoms. The van der Waals surface area contributed by atoms with Crippen LogP contribution in [0.1, 0.15) is 54.4 Å². The fourth-order valence-corrected chi connectivity index (χ4v) is 2.09. The Bertz CT molecular complexity index is 358. The van der Waals surface area contributed by atoms with E-state index in [1.165, 1.54) is 0 Å². The van der Waals surface area contributed by atoms with E-state index in [2.05, 4.69) is 0 Å². The van der Waals surface area contributed by atoms with Gasteiger partial charge >= 0.3 is 11.9 Å². The summed E-state index contributed by atoms with van der Waals surface area (Å²) in [6, 6.07) is 0. The van der Waals surface area contributed by atoms with Crippen LogP contribution in [-0.2, 0) is 19.1 Å². The van der Waals surface area contributed by atoms with Crippen molar-refractivity contribution in [2.24, 2.45) is 11.8 Å². The lowest BCUT2D eigenvalue weighted by Crippen LogP contribution is -2.39. The molecule has 2 atom stereocenters. The lowest BCUT2D eigenvalue weighted by atomic mass is 9.83. The minimum Gasteiger partial charge on any atom is -0.460 e. The third-order valence-electron chi connectivity index (χ3n) is 2.85. The summed E-state index contributed by atoms with van der Waals surface area (Å²) in [7, 11) is 0. The fraction of sp³-hybridized carbons (Fsp3) is 0.750. The fourth-order valence-electron chi connectivity index (χ4n) is 2.09. The zero-order chi connectivity index (χ0) is 15.6. The van der Waals surface area contributed by atoms with Gasteiger partial charge in [0.25, 0.3) is 0 Å². The molecule has 0 bridgehead atoms. The van der Waals surface area contributed by atoms with Crippen molar-refractivity contribution in [1.29, 1.82) is 0 Å². The quantitative estimate of drug-likeness (QED) is 0.576. The Morgan fingerprint density at radius 1 is 0.800 bits per heavy atom. The van der Waals surface area contributed by atoms with Gasteiger partial charge in [0, 0.05) is 0 Å². The van der Waals surface area contributed by atoms with E-state index in [0.717, 1.165) is 0 Å². The largest absolute Gasteiger partial charge is 0.460 e. The minimum atomic E-state index is -0.545. The standard InChI is InChI=1S/C16H26O4/c1-15(2,3)19-13(17)11-9-7-8-10-12(11)14(18)20-16(4,5)6/h7-8,11-12H,9-10H2,1-6H3. The van der Waals surface area contributed by atoms with Crippen LogP contribution in [0.2, 0.25) is 0 Å². The predicted molar refractivity (Wildman–Crippen MR) is 77.0 cm³/mol. The minimum absolute atomic E-state index is 0.322. The highest BCUT2D eigenvalue weighted by Gasteiger charge is 2.38. The summed E-state index contributed by atoms with van der Waals surface area (Å²) in [6.07, 6.45) is 4.91. The highest BCUT2D eigenvalue weighted by Crippen LogP contribution is 2.30. The lowest BCUT2D eigenvalue weighted by Gasteiger charge is -2.31. The molecule has 0 fully saturated rings. The first-order valence-electron chi connectivity index (χ1n) is 7.10. The Balaban J connectivity index is 2.80. The Morgan fingerprint density at radius 2 is 1.10 bits per heavy atom. The molecule has 20 heavy (non-hydrogen) atoms. The normalized spacial score (nSPS) is 23.3. The summed E-state index contributed by atoms with van der Waals surface area (Å²) in [5, 5.41) is 0. The number of hydrogen-bond acceptors (Lipinski definition) is 4. The maximum absolute atomic E-state index is 12.2. The van der Waals surface area contributed by atoms with Crippen molar-refractivity contribution in [2.75, 3.05) is 0 Å². The van der Waals surface area contributed by atoms with Gasteiger partial charge in [-0.25, -0.2) is 0 Å². The molecule has 0 aliphatic heterocycles. The van der Waals surface area contributed by atoms with E-state index in [1.807, 2.05) is 53.7 Å². The number of ether oxygens (including phenoxy) is 2. The van der Waals surface area contributed by atoms with Crippen LogP contribution in [0.5, 0.6) is 0 Å². The number of allylic oxidation sites excluding steroid dienone is 2. The Hall–Kier alpha value is -1.32. The van der Waals surface area contributed by atoms with E-state index in [9.17, 15) is 9.59 Å². The second-order valence-electron chi connectivity index (χ2n) is 7.22. The highest BCUT2D eigenvalue weighted by molar-refractivity contribution is 5.83. The molecule has 1 aliphatic rings. The smallest absolute Gasteiger partial charge is 0.310 e. The molecule has 0 spiro atoms. The molecule has 0 aromatic heterocycles.